The van der Waals surface area contributed by atoms with Crippen molar-refractivity contribution in [1.82, 2.24) is 10.2 Å². The second-order valence-corrected chi connectivity index (χ2v) is 9.49. The molecule has 188 valence electrons. The molecule has 0 saturated carbocycles. The first kappa shape index (κ1) is 25.2. The molecule has 2 saturated heterocycles. The number of carbonyl (C=O) groups excluding carboxylic acids is 2. The fourth-order valence-corrected chi connectivity index (χ4v) is 5.88. The number of ether oxygens (including phenoxy) is 1. The summed E-state index contributed by atoms with van der Waals surface area (Å²) in [5.74, 6) is -1.13. The SMILES string of the molecule is CCc1ccccc1[C@H]1CNC(=O)CC12CCN(C(=O)[C@](OC)(c1ccccc1)C(F)(F)F)CC2. The maximum Gasteiger partial charge on any atom is 0.430 e. The summed E-state index contributed by atoms with van der Waals surface area (Å²) in [6.07, 6.45) is -2.91. The van der Waals surface area contributed by atoms with E-state index in [2.05, 4.69) is 24.4 Å². The Bertz CT molecular complexity index is 1060. The minimum absolute atomic E-state index is 0.0394. The molecular formula is C27H31F3N2O3. The zero-order chi connectivity index (χ0) is 25.3. The number of hydrogen-bond donors (Lipinski definition) is 1. The van der Waals surface area contributed by atoms with Gasteiger partial charge >= 0.3 is 6.18 Å². The first-order valence-electron chi connectivity index (χ1n) is 12.0. The number of aryl methyl sites for hydroxylation is 1. The fraction of sp³-hybridized carbons (Fsp3) is 0.481. The van der Waals surface area contributed by atoms with E-state index in [0.29, 0.717) is 25.8 Å². The van der Waals surface area contributed by atoms with Gasteiger partial charge in [-0.25, -0.2) is 0 Å². The topological polar surface area (TPSA) is 58.6 Å². The van der Waals surface area contributed by atoms with Crippen molar-refractivity contribution in [3.8, 4) is 0 Å². The highest BCUT2D eigenvalue weighted by molar-refractivity contribution is 5.88. The Morgan fingerprint density at radius 3 is 2.31 bits per heavy atom. The summed E-state index contributed by atoms with van der Waals surface area (Å²) in [7, 11) is 0.924. The van der Waals surface area contributed by atoms with Crippen LogP contribution >= 0.6 is 0 Å². The van der Waals surface area contributed by atoms with Crippen LogP contribution in [0.25, 0.3) is 0 Å². The van der Waals surface area contributed by atoms with Gasteiger partial charge in [0.15, 0.2) is 0 Å². The third-order valence-electron chi connectivity index (χ3n) is 7.80. The number of likely N-dealkylation sites (tertiary alicyclic amines) is 1. The highest BCUT2D eigenvalue weighted by Crippen LogP contribution is 2.51. The lowest BCUT2D eigenvalue weighted by atomic mass is 9.62. The molecular weight excluding hydrogens is 457 g/mol. The van der Waals surface area contributed by atoms with E-state index in [1.807, 2.05) is 12.1 Å². The van der Waals surface area contributed by atoms with Gasteiger partial charge in [-0.1, -0.05) is 61.5 Å². The third kappa shape index (κ3) is 4.33. The Balaban J connectivity index is 1.64. The van der Waals surface area contributed by atoms with E-state index in [1.165, 1.54) is 40.3 Å². The molecule has 0 radical (unpaired) electrons. The monoisotopic (exact) mass is 488 g/mol. The van der Waals surface area contributed by atoms with E-state index < -0.39 is 23.1 Å². The molecule has 2 aliphatic rings. The average Bonchev–Trinajstić information content (AvgIpc) is 2.85. The van der Waals surface area contributed by atoms with Crippen molar-refractivity contribution >= 4 is 11.8 Å². The minimum atomic E-state index is -4.94. The molecule has 1 spiro atoms. The third-order valence-corrected chi connectivity index (χ3v) is 7.80. The van der Waals surface area contributed by atoms with Crippen LogP contribution in [0.5, 0.6) is 0 Å². The van der Waals surface area contributed by atoms with E-state index in [1.54, 1.807) is 6.07 Å². The average molecular weight is 489 g/mol. The van der Waals surface area contributed by atoms with Crippen LogP contribution in [-0.2, 0) is 26.3 Å². The van der Waals surface area contributed by atoms with Gasteiger partial charge in [-0.3, -0.25) is 9.59 Å². The number of carbonyl (C=O) groups is 2. The van der Waals surface area contributed by atoms with E-state index in [4.69, 9.17) is 4.74 Å². The summed E-state index contributed by atoms with van der Waals surface area (Å²) < 4.78 is 48.2. The zero-order valence-corrected chi connectivity index (χ0v) is 20.0. The van der Waals surface area contributed by atoms with Crippen LogP contribution in [0.1, 0.15) is 48.8 Å². The van der Waals surface area contributed by atoms with Crippen LogP contribution in [0.15, 0.2) is 54.6 Å². The van der Waals surface area contributed by atoms with Gasteiger partial charge in [-0.05, 0) is 35.8 Å². The van der Waals surface area contributed by atoms with Crippen molar-refractivity contribution in [3.63, 3.8) is 0 Å². The Hall–Kier alpha value is -2.87. The van der Waals surface area contributed by atoms with Crippen LogP contribution in [0.4, 0.5) is 13.2 Å². The Kier molecular flexibility index (Phi) is 6.95. The molecule has 2 aromatic rings. The summed E-state index contributed by atoms with van der Waals surface area (Å²) in [6, 6.07) is 15.2. The Morgan fingerprint density at radius 1 is 1.09 bits per heavy atom. The predicted octanol–water partition coefficient (Wildman–Crippen LogP) is 4.57. The van der Waals surface area contributed by atoms with Gasteiger partial charge in [-0.15, -0.1) is 0 Å². The van der Waals surface area contributed by atoms with Gasteiger partial charge in [0, 0.05) is 44.6 Å². The number of hydrogen-bond acceptors (Lipinski definition) is 3. The number of nitrogens with zero attached hydrogens (tertiary/aromatic N) is 1. The molecule has 4 rings (SSSR count). The highest BCUT2D eigenvalue weighted by Gasteiger charge is 2.64. The standard InChI is InChI=1S/C27H31F3N2O3/c1-3-19-9-7-8-12-21(19)22-18-31-23(33)17-25(22)13-15-32(16-14-25)24(34)26(35-2,27(28,29)30)20-10-5-4-6-11-20/h4-12,22H,3,13-18H2,1-2H3,(H,31,33)/t22-,26-/m1/s1. The molecule has 2 atom stereocenters. The summed E-state index contributed by atoms with van der Waals surface area (Å²) in [5, 5.41) is 2.97. The number of methoxy groups -OCH3 is 1. The quantitative estimate of drug-likeness (QED) is 0.671. The van der Waals surface area contributed by atoms with Crippen molar-refractivity contribution in [2.24, 2.45) is 5.41 Å². The van der Waals surface area contributed by atoms with E-state index in [-0.39, 0.29) is 30.5 Å². The first-order chi connectivity index (χ1) is 16.7. The van der Waals surface area contributed by atoms with Gasteiger partial charge in [0.1, 0.15) is 0 Å². The highest BCUT2D eigenvalue weighted by atomic mass is 19.4. The molecule has 0 unspecified atom stereocenters. The molecule has 1 N–H and O–H groups in total. The number of amides is 2. The van der Waals surface area contributed by atoms with Crippen molar-refractivity contribution in [3.05, 3.63) is 71.3 Å². The van der Waals surface area contributed by atoms with Gasteiger partial charge in [-0.2, -0.15) is 13.2 Å². The number of alkyl halides is 3. The smallest absolute Gasteiger partial charge is 0.356 e. The maximum absolute atomic E-state index is 14.4. The van der Waals surface area contributed by atoms with Gasteiger partial charge in [0.05, 0.1) is 0 Å². The lowest BCUT2D eigenvalue weighted by molar-refractivity contribution is -0.271. The van der Waals surface area contributed by atoms with Crippen molar-refractivity contribution < 1.29 is 27.5 Å². The van der Waals surface area contributed by atoms with Crippen molar-refractivity contribution in [2.45, 2.75) is 50.3 Å². The van der Waals surface area contributed by atoms with Crippen LogP contribution in [0, 0.1) is 5.41 Å². The summed E-state index contributed by atoms with van der Waals surface area (Å²) >= 11 is 0. The number of benzene rings is 2. The number of halogens is 3. The first-order valence-corrected chi connectivity index (χ1v) is 12.0. The van der Waals surface area contributed by atoms with E-state index in [0.717, 1.165) is 13.5 Å². The summed E-state index contributed by atoms with van der Waals surface area (Å²) in [6.45, 7) is 2.83. The summed E-state index contributed by atoms with van der Waals surface area (Å²) in [5.41, 5.74) is -1.36. The van der Waals surface area contributed by atoms with E-state index in [9.17, 15) is 22.8 Å². The molecule has 2 aromatic carbocycles. The van der Waals surface area contributed by atoms with Crippen LogP contribution in [0.3, 0.4) is 0 Å². The van der Waals surface area contributed by atoms with Gasteiger partial charge < -0.3 is 15.0 Å². The molecule has 2 amide bonds. The molecule has 0 bridgehead atoms. The normalized spacial score (nSPS) is 21.9. The molecule has 5 nitrogen and oxygen atoms in total. The molecule has 0 aliphatic carbocycles. The van der Waals surface area contributed by atoms with Crippen LogP contribution < -0.4 is 5.32 Å². The zero-order valence-electron chi connectivity index (χ0n) is 20.0. The number of piperidine rings is 2. The molecule has 2 fully saturated rings. The molecule has 2 heterocycles. The minimum Gasteiger partial charge on any atom is -0.356 e. The Labute approximate surface area is 203 Å². The molecule has 35 heavy (non-hydrogen) atoms. The maximum atomic E-state index is 14.4. The second-order valence-electron chi connectivity index (χ2n) is 9.49. The number of nitrogens with one attached hydrogen (secondary N) is 1. The van der Waals surface area contributed by atoms with E-state index >= 15 is 0 Å². The predicted molar refractivity (Wildman–Crippen MR) is 126 cm³/mol. The number of rotatable bonds is 5. The van der Waals surface area contributed by atoms with Gasteiger partial charge in [0.25, 0.3) is 11.5 Å². The van der Waals surface area contributed by atoms with Gasteiger partial charge in [0.2, 0.25) is 5.91 Å². The molecule has 2 aliphatic heterocycles. The lowest BCUT2D eigenvalue weighted by Crippen LogP contribution is -2.60. The largest absolute Gasteiger partial charge is 0.430 e. The van der Waals surface area contributed by atoms with Crippen LogP contribution in [0.2, 0.25) is 0 Å². The summed E-state index contributed by atoms with van der Waals surface area (Å²) in [4.78, 5) is 27.2. The lowest BCUT2D eigenvalue weighted by Gasteiger charge is -2.50. The molecule has 8 heteroatoms. The van der Waals surface area contributed by atoms with Crippen molar-refractivity contribution in [2.75, 3.05) is 26.7 Å². The van der Waals surface area contributed by atoms with Crippen molar-refractivity contribution in [1.29, 1.82) is 0 Å². The fourth-order valence-electron chi connectivity index (χ4n) is 5.88. The molecule has 0 aromatic heterocycles. The second kappa shape index (κ2) is 9.64. The Morgan fingerprint density at radius 2 is 1.71 bits per heavy atom. The van der Waals surface area contributed by atoms with Crippen LogP contribution in [-0.4, -0.2) is 49.6 Å².